The van der Waals surface area contributed by atoms with Gasteiger partial charge in [0.05, 0.1) is 0 Å². The zero-order chi connectivity index (χ0) is 22.7. The largest absolute Gasteiger partial charge is 0.328 e. The average molecular weight is 436 g/mol. The van der Waals surface area contributed by atoms with Gasteiger partial charge in [0.15, 0.2) is 0 Å². The fourth-order valence-corrected chi connectivity index (χ4v) is 4.52. The van der Waals surface area contributed by atoms with E-state index in [4.69, 9.17) is 5.73 Å². The minimum absolute atomic E-state index is 0.465. The topological polar surface area (TPSA) is 26.0 Å². The summed E-state index contributed by atoms with van der Waals surface area (Å²) in [7, 11) is 0. The lowest BCUT2D eigenvalue weighted by molar-refractivity contribution is 0.479. The van der Waals surface area contributed by atoms with Crippen LogP contribution in [-0.4, -0.2) is 6.04 Å². The third-order valence-electron chi connectivity index (χ3n) is 6.77. The summed E-state index contributed by atoms with van der Waals surface area (Å²) < 4.78 is 0. The Balaban J connectivity index is 3.14. The second-order valence-electron chi connectivity index (χ2n) is 10.1. The van der Waals surface area contributed by atoms with Crippen LogP contribution in [0.4, 0.5) is 0 Å². The molecule has 0 aliphatic rings. The van der Waals surface area contributed by atoms with Crippen molar-refractivity contribution in [3.63, 3.8) is 0 Å². The highest BCUT2D eigenvalue weighted by molar-refractivity contribution is 4.81. The molecule has 0 amide bonds. The van der Waals surface area contributed by atoms with E-state index in [0.29, 0.717) is 6.04 Å². The van der Waals surface area contributed by atoms with Crippen molar-refractivity contribution >= 4 is 0 Å². The van der Waals surface area contributed by atoms with Crippen molar-refractivity contribution in [1.29, 1.82) is 0 Å². The standard InChI is InChI=1S/C30H61N/c1-3-5-7-9-11-12-13-14-15-16-17-18-19-20-21-23-25-27-29-30(31)28-26-24-22-10-8-6-4-2/h11-12,30H,3-10,13-29,31H2,1-2H3. The minimum atomic E-state index is 0.465. The van der Waals surface area contributed by atoms with Crippen LogP contribution in [0.25, 0.3) is 0 Å². The van der Waals surface area contributed by atoms with Gasteiger partial charge in [0.25, 0.3) is 0 Å². The SMILES string of the molecule is CCCCCC=CCCCCCCCCCCCCCC(N)CCCCCCCCC. The van der Waals surface area contributed by atoms with Crippen molar-refractivity contribution in [2.45, 2.75) is 180 Å². The highest BCUT2D eigenvalue weighted by Gasteiger charge is 2.02. The summed E-state index contributed by atoms with van der Waals surface area (Å²) in [5.41, 5.74) is 6.30. The van der Waals surface area contributed by atoms with Crippen LogP contribution in [-0.2, 0) is 0 Å². The van der Waals surface area contributed by atoms with Crippen LogP contribution in [0.5, 0.6) is 0 Å². The molecule has 31 heavy (non-hydrogen) atoms. The van der Waals surface area contributed by atoms with Gasteiger partial charge in [-0.25, -0.2) is 0 Å². The third kappa shape index (κ3) is 27.7. The van der Waals surface area contributed by atoms with Crippen LogP contribution >= 0.6 is 0 Å². The van der Waals surface area contributed by atoms with Crippen molar-refractivity contribution in [2.75, 3.05) is 0 Å². The Bertz CT molecular complexity index is 335. The lowest BCUT2D eigenvalue weighted by Crippen LogP contribution is -2.19. The van der Waals surface area contributed by atoms with E-state index >= 15 is 0 Å². The molecule has 1 unspecified atom stereocenters. The quantitative estimate of drug-likeness (QED) is 0.106. The number of rotatable bonds is 26. The second kappa shape index (κ2) is 27.7. The Morgan fingerprint density at radius 2 is 0.710 bits per heavy atom. The van der Waals surface area contributed by atoms with E-state index in [1.54, 1.807) is 0 Å². The van der Waals surface area contributed by atoms with Crippen LogP contribution < -0.4 is 5.73 Å². The molecule has 0 bridgehead atoms. The molecule has 0 heterocycles. The summed E-state index contributed by atoms with van der Waals surface area (Å²) in [6.07, 6.45) is 39.5. The molecule has 0 saturated heterocycles. The average Bonchev–Trinajstić information content (AvgIpc) is 2.77. The molecule has 0 aromatic rings. The first kappa shape index (κ1) is 30.7. The number of nitrogens with two attached hydrogens (primary N) is 1. The molecule has 1 nitrogen and oxygen atoms in total. The predicted octanol–water partition coefficient (Wildman–Crippen LogP) is 10.7. The van der Waals surface area contributed by atoms with Gasteiger partial charge in [0.2, 0.25) is 0 Å². The maximum atomic E-state index is 6.30. The molecule has 2 N–H and O–H groups in total. The van der Waals surface area contributed by atoms with E-state index < -0.39 is 0 Å². The Labute approximate surface area is 198 Å². The van der Waals surface area contributed by atoms with Crippen molar-refractivity contribution in [2.24, 2.45) is 5.73 Å². The molecule has 0 aromatic carbocycles. The molecule has 0 spiro atoms. The molecule has 0 aromatic heterocycles. The van der Waals surface area contributed by atoms with Crippen LogP contribution in [0.2, 0.25) is 0 Å². The smallest absolute Gasteiger partial charge is 0.00388 e. The summed E-state index contributed by atoms with van der Waals surface area (Å²) in [6.45, 7) is 4.57. The van der Waals surface area contributed by atoms with Gasteiger partial charge in [0, 0.05) is 6.04 Å². The maximum Gasteiger partial charge on any atom is 0.00388 e. The Morgan fingerprint density at radius 1 is 0.419 bits per heavy atom. The van der Waals surface area contributed by atoms with E-state index in [1.165, 1.54) is 161 Å². The molecular formula is C30H61N. The van der Waals surface area contributed by atoms with Crippen molar-refractivity contribution in [3.8, 4) is 0 Å². The summed E-state index contributed by atoms with van der Waals surface area (Å²) in [4.78, 5) is 0. The predicted molar refractivity (Wildman–Crippen MR) is 144 cm³/mol. The van der Waals surface area contributed by atoms with Gasteiger partial charge in [-0.3, -0.25) is 0 Å². The highest BCUT2D eigenvalue weighted by atomic mass is 14.6. The van der Waals surface area contributed by atoms with E-state index in [1.807, 2.05) is 0 Å². The lowest BCUT2D eigenvalue weighted by atomic mass is 10.0. The van der Waals surface area contributed by atoms with Crippen LogP contribution in [0.1, 0.15) is 174 Å². The minimum Gasteiger partial charge on any atom is -0.328 e. The molecule has 1 heteroatoms. The summed E-state index contributed by atoms with van der Waals surface area (Å²) in [5, 5.41) is 0. The Hall–Kier alpha value is -0.300. The van der Waals surface area contributed by atoms with Crippen LogP contribution in [0.15, 0.2) is 12.2 Å². The molecule has 0 radical (unpaired) electrons. The first-order valence-electron chi connectivity index (χ1n) is 14.7. The fourth-order valence-electron chi connectivity index (χ4n) is 4.52. The zero-order valence-electron chi connectivity index (χ0n) is 22.0. The Kier molecular flexibility index (Phi) is 27.5. The van der Waals surface area contributed by atoms with E-state index in [-0.39, 0.29) is 0 Å². The molecule has 0 aliphatic heterocycles. The van der Waals surface area contributed by atoms with Gasteiger partial charge in [-0.05, 0) is 38.5 Å². The molecule has 186 valence electrons. The monoisotopic (exact) mass is 435 g/mol. The lowest BCUT2D eigenvalue weighted by Gasteiger charge is -2.11. The van der Waals surface area contributed by atoms with Gasteiger partial charge in [-0.15, -0.1) is 0 Å². The van der Waals surface area contributed by atoms with Crippen LogP contribution in [0, 0.1) is 0 Å². The van der Waals surface area contributed by atoms with E-state index in [0.717, 1.165) is 0 Å². The first-order chi connectivity index (χ1) is 15.3. The number of allylic oxidation sites excluding steroid dienone is 2. The highest BCUT2D eigenvalue weighted by Crippen LogP contribution is 2.15. The molecule has 0 fully saturated rings. The summed E-state index contributed by atoms with van der Waals surface area (Å²) >= 11 is 0. The van der Waals surface area contributed by atoms with Gasteiger partial charge in [0.1, 0.15) is 0 Å². The Morgan fingerprint density at radius 3 is 1.13 bits per heavy atom. The third-order valence-corrected chi connectivity index (χ3v) is 6.77. The molecule has 0 saturated carbocycles. The normalized spacial score (nSPS) is 12.7. The molecule has 0 rings (SSSR count). The van der Waals surface area contributed by atoms with E-state index in [2.05, 4.69) is 26.0 Å². The number of unbranched alkanes of at least 4 members (excludes halogenated alkanes) is 20. The van der Waals surface area contributed by atoms with Crippen molar-refractivity contribution in [1.82, 2.24) is 0 Å². The molecule has 1 atom stereocenters. The number of hydrogen-bond donors (Lipinski definition) is 1. The van der Waals surface area contributed by atoms with Crippen molar-refractivity contribution < 1.29 is 0 Å². The zero-order valence-corrected chi connectivity index (χ0v) is 22.0. The summed E-state index contributed by atoms with van der Waals surface area (Å²) in [6, 6.07) is 0.465. The molecule has 0 aliphatic carbocycles. The number of hydrogen-bond acceptors (Lipinski definition) is 1. The fraction of sp³-hybridized carbons (Fsp3) is 0.933. The van der Waals surface area contributed by atoms with Crippen LogP contribution in [0.3, 0.4) is 0 Å². The van der Waals surface area contributed by atoms with Crippen molar-refractivity contribution in [3.05, 3.63) is 12.2 Å². The van der Waals surface area contributed by atoms with Gasteiger partial charge >= 0.3 is 0 Å². The van der Waals surface area contributed by atoms with Gasteiger partial charge in [-0.2, -0.15) is 0 Å². The second-order valence-corrected chi connectivity index (χ2v) is 10.1. The first-order valence-corrected chi connectivity index (χ1v) is 14.7. The maximum absolute atomic E-state index is 6.30. The molecular weight excluding hydrogens is 374 g/mol. The summed E-state index contributed by atoms with van der Waals surface area (Å²) in [5.74, 6) is 0. The van der Waals surface area contributed by atoms with Gasteiger partial charge in [-0.1, -0.05) is 148 Å². The van der Waals surface area contributed by atoms with Gasteiger partial charge < -0.3 is 5.73 Å². The van der Waals surface area contributed by atoms with E-state index in [9.17, 15) is 0 Å².